The van der Waals surface area contributed by atoms with Crippen molar-refractivity contribution >= 4 is 27.5 Å². The Bertz CT molecular complexity index is 1010. The monoisotopic (exact) mass is 438 g/mol. The summed E-state index contributed by atoms with van der Waals surface area (Å²) in [5.41, 5.74) is 0.133. The van der Waals surface area contributed by atoms with Crippen LogP contribution in [0.2, 0.25) is 5.02 Å². The zero-order chi connectivity index (χ0) is 21.2. The number of sulfonamides is 1. The number of hydrogen-bond acceptors (Lipinski definition) is 5. The second-order valence-corrected chi connectivity index (χ2v) is 9.33. The van der Waals surface area contributed by atoms with E-state index in [0.29, 0.717) is 24.7 Å². The third-order valence-electron chi connectivity index (χ3n) is 4.61. The molecule has 1 heterocycles. The molecule has 0 aliphatic carbocycles. The van der Waals surface area contributed by atoms with Gasteiger partial charge in [-0.05, 0) is 37.3 Å². The number of benzene rings is 2. The summed E-state index contributed by atoms with van der Waals surface area (Å²) in [5.74, 6) is 0.933. The highest BCUT2D eigenvalue weighted by molar-refractivity contribution is 7.89. The van der Waals surface area contributed by atoms with Crippen LogP contribution in [0.5, 0.6) is 11.5 Å². The highest BCUT2D eigenvalue weighted by atomic mass is 35.5. The average Bonchev–Trinajstić information content (AvgIpc) is 2.71. The molecule has 9 heteroatoms. The van der Waals surface area contributed by atoms with Crippen LogP contribution < -0.4 is 9.47 Å². The van der Waals surface area contributed by atoms with Crippen molar-refractivity contribution in [3.63, 3.8) is 0 Å². The van der Waals surface area contributed by atoms with E-state index in [4.69, 9.17) is 21.1 Å². The van der Waals surface area contributed by atoms with Crippen LogP contribution >= 0.6 is 11.6 Å². The van der Waals surface area contributed by atoms with Crippen LogP contribution in [0, 0.1) is 0 Å². The van der Waals surface area contributed by atoms with Crippen molar-refractivity contribution in [1.29, 1.82) is 0 Å². The Kier molecular flexibility index (Phi) is 6.36. The van der Waals surface area contributed by atoms with Crippen molar-refractivity contribution in [2.24, 2.45) is 0 Å². The van der Waals surface area contributed by atoms with Crippen LogP contribution in [0.3, 0.4) is 0 Å². The van der Waals surface area contributed by atoms with Gasteiger partial charge in [0.2, 0.25) is 10.0 Å². The molecule has 0 N–H and O–H groups in total. The lowest BCUT2D eigenvalue weighted by molar-refractivity contribution is 0.0475. The zero-order valence-electron chi connectivity index (χ0n) is 16.5. The number of carbonyl (C=O) groups is 1. The molecule has 2 aromatic rings. The predicted octanol–water partition coefficient (Wildman–Crippen LogP) is 2.89. The van der Waals surface area contributed by atoms with Gasteiger partial charge in [0, 0.05) is 20.6 Å². The van der Waals surface area contributed by atoms with Crippen LogP contribution in [0.4, 0.5) is 0 Å². The molecule has 0 spiro atoms. The van der Waals surface area contributed by atoms with E-state index in [1.165, 1.54) is 32.3 Å². The van der Waals surface area contributed by atoms with Gasteiger partial charge in [-0.15, -0.1) is 0 Å². The second-order valence-electron chi connectivity index (χ2n) is 6.77. The largest absolute Gasteiger partial charge is 0.486 e. The van der Waals surface area contributed by atoms with Gasteiger partial charge in [-0.25, -0.2) is 12.7 Å². The van der Waals surface area contributed by atoms with E-state index in [9.17, 15) is 13.2 Å². The van der Waals surface area contributed by atoms with Crippen molar-refractivity contribution in [2.75, 3.05) is 33.8 Å². The fourth-order valence-corrected chi connectivity index (χ4v) is 4.09. The van der Waals surface area contributed by atoms with E-state index >= 15 is 0 Å². The molecule has 1 atom stereocenters. The number of ether oxygens (including phenoxy) is 2. The summed E-state index contributed by atoms with van der Waals surface area (Å²) in [6.07, 6.45) is -0.346. The number of nitrogens with zero attached hydrogens (tertiary/aromatic N) is 2. The zero-order valence-corrected chi connectivity index (χ0v) is 18.0. The molecule has 156 valence electrons. The number of halogens is 1. The number of para-hydroxylation sites is 2. The minimum Gasteiger partial charge on any atom is -0.486 e. The van der Waals surface area contributed by atoms with Gasteiger partial charge >= 0.3 is 0 Å². The van der Waals surface area contributed by atoms with Crippen molar-refractivity contribution in [2.45, 2.75) is 17.9 Å². The van der Waals surface area contributed by atoms with Gasteiger partial charge in [0.25, 0.3) is 5.91 Å². The van der Waals surface area contributed by atoms with Crippen LogP contribution in [0.1, 0.15) is 17.3 Å². The molecule has 29 heavy (non-hydrogen) atoms. The summed E-state index contributed by atoms with van der Waals surface area (Å²) in [5, 5.41) is 0.192. The second kappa shape index (κ2) is 8.61. The molecule has 1 aliphatic heterocycles. The lowest BCUT2D eigenvalue weighted by Gasteiger charge is -2.31. The molecule has 0 aromatic heterocycles. The highest BCUT2D eigenvalue weighted by Crippen LogP contribution is 2.31. The molecule has 0 fully saturated rings. The Morgan fingerprint density at radius 1 is 1.17 bits per heavy atom. The number of rotatable bonds is 6. The van der Waals surface area contributed by atoms with E-state index in [1.54, 1.807) is 4.90 Å². The fraction of sp³-hybridized carbons (Fsp3) is 0.350. The number of hydrogen-bond donors (Lipinski definition) is 0. The third kappa shape index (κ3) is 4.49. The molecule has 1 amide bonds. The molecule has 7 nitrogen and oxygen atoms in total. The first-order valence-electron chi connectivity index (χ1n) is 9.14. The number of fused-ring (bicyclic) bond motifs is 1. The van der Waals surface area contributed by atoms with E-state index in [-0.39, 0.29) is 34.0 Å². The SMILES string of the molecule is CCN(CC1COc2ccccc2O1)C(=O)c1cc(S(=O)(=O)N(C)C)ccc1Cl. The first-order valence-corrected chi connectivity index (χ1v) is 11.0. The van der Waals surface area contributed by atoms with E-state index in [0.717, 1.165) is 4.31 Å². The molecule has 0 saturated carbocycles. The molecule has 1 unspecified atom stereocenters. The maximum atomic E-state index is 13.1. The van der Waals surface area contributed by atoms with Crippen molar-refractivity contribution in [3.05, 3.63) is 53.1 Å². The molecule has 2 aromatic carbocycles. The van der Waals surface area contributed by atoms with Gasteiger partial charge in [-0.1, -0.05) is 23.7 Å². The molecule has 0 radical (unpaired) electrons. The van der Waals surface area contributed by atoms with Crippen molar-refractivity contribution in [1.82, 2.24) is 9.21 Å². The molecule has 1 aliphatic rings. The molecule has 3 rings (SSSR count). The van der Waals surface area contributed by atoms with Gasteiger partial charge in [0.1, 0.15) is 6.61 Å². The predicted molar refractivity (Wildman–Crippen MR) is 110 cm³/mol. The number of amides is 1. The van der Waals surface area contributed by atoms with Crippen molar-refractivity contribution in [3.8, 4) is 11.5 Å². The van der Waals surface area contributed by atoms with Crippen LogP contribution in [-0.4, -0.2) is 63.4 Å². The standard InChI is InChI=1S/C20H23ClN2O5S/c1-4-23(12-14-13-27-18-7-5-6-8-19(18)28-14)20(24)16-11-15(9-10-17(16)21)29(25,26)22(2)3/h5-11,14H,4,12-13H2,1-3H3. The maximum Gasteiger partial charge on any atom is 0.255 e. The highest BCUT2D eigenvalue weighted by Gasteiger charge is 2.27. The van der Waals surface area contributed by atoms with Gasteiger partial charge in [-0.3, -0.25) is 4.79 Å². The van der Waals surface area contributed by atoms with E-state index < -0.39 is 10.0 Å². The van der Waals surface area contributed by atoms with Crippen LogP contribution in [-0.2, 0) is 10.0 Å². The third-order valence-corrected chi connectivity index (χ3v) is 6.75. The Balaban J connectivity index is 1.81. The lowest BCUT2D eigenvalue weighted by atomic mass is 10.1. The first kappa shape index (κ1) is 21.4. The Labute approximate surface area is 175 Å². The summed E-state index contributed by atoms with van der Waals surface area (Å²) in [6, 6.07) is 11.5. The van der Waals surface area contributed by atoms with Crippen LogP contribution in [0.25, 0.3) is 0 Å². The first-order chi connectivity index (χ1) is 13.7. The fourth-order valence-electron chi connectivity index (χ4n) is 2.96. The lowest BCUT2D eigenvalue weighted by Crippen LogP contribution is -2.43. The quantitative estimate of drug-likeness (QED) is 0.693. The van der Waals surface area contributed by atoms with Gasteiger partial charge in [0.15, 0.2) is 17.6 Å². The summed E-state index contributed by atoms with van der Waals surface area (Å²) >= 11 is 6.22. The number of likely N-dealkylation sites (N-methyl/N-ethyl adjacent to an activating group) is 1. The summed E-state index contributed by atoms with van der Waals surface area (Å²) < 4.78 is 37.6. The Morgan fingerprint density at radius 2 is 1.86 bits per heavy atom. The van der Waals surface area contributed by atoms with E-state index in [1.807, 2.05) is 31.2 Å². The van der Waals surface area contributed by atoms with Gasteiger partial charge in [0.05, 0.1) is 22.0 Å². The van der Waals surface area contributed by atoms with Crippen molar-refractivity contribution < 1.29 is 22.7 Å². The molecule has 0 saturated heterocycles. The van der Waals surface area contributed by atoms with Crippen LogP contribution in [0.15, 0.2) is 47.4 Å². The minimum absolute atomic E-state index is 0.0116. The molecular formula is C20H23ClN2O5S. The number of carbonyl (C=O) groups excluding carboxylic acids is 1. The van der Waals surface area contributed by atoms with Gasteiger partial charge in [-0.2, -0.15) is 0 Å². The molecular weight excluding hydrogens is 416 g/mol. The summed E-state index contributed by atoms with van der Waals surface area (Å²) in [6.45, 7) is 2.83. The molecule has 0 bridgehead atoms. The average molecular weight is 439 g/mol. The Hall–Kier alpha value is -2.29. The topological polar surface area (TPSA) is 76.1 Å². The maximum absolute atomic E-state index is 13.1. The smallest absolute Gasteiger partial charge is 0.255 e. The normalized spacial score (nSPS) is 16.0. The summed E-state index contributed by atoms with van der Waals surface area (Å²) in [4.78, 5) is 14.7. The summed E-state index contributed by atoms with van der Waals surface area (Å²) in [7, 11) is -0.818. The minimum atomic E-state index is -3.68. The van der Waals surface area contributed by atoms with E-state index in [2.05, 4.69) is 0 Å². The van der Waals surface area contributed by atoms with Gasteiger partial charge < -0.3 is 14.4 Å². The Morgan fingerprint density at radius 3 is 2.52 bits per heavy atom.